The van der Waals surface area contributed by atoms with Gasteiger partial charge in [0.2, 0.25) is 0 Å². The molecule has 2 aliphatic heterocycles. The maximum Gasteiger partial charge on any atom is 0.311 e. The summed E-state index contributed by atoms with van der Waals surface area (Å²) < 4.78 is 27.3. The fraction of sp³-hybridized carbons (Fsp3) is 0.643. The molecule has 3 rings (SSSR count). The second-order valence-electron chi connectivity index (χ2n) is 6.25. The van der Waals surface area contributed by atoms with Crippen LogP contribution in [0.4, 0.5) is 0 Å². The molecular formula is C14H20N2O4S2. The molecule has 0 bridgehead atoms. The fourth-order valence-corrected chi connectivity index (χ4v) is 6.42. The minimum Gasteiger partial charge on any atom is -0.481 e. The first kappa shape index (κ1) is 15.9. The van der Waals surface area contributed by atoms with Crippen molar-refractivity contribution in [3.63, 3.8) is 0 Å². The topological polar surface area (TPSA) is 77.9 Å². The number of fused-ring (bicyclic) bond motifs is 1. The zero-order valence-electron chi connectivity index (χ0n) is 12.4. The predicted octanol–water partition coefficient (Wildman–Crippen LogP) is 1.17. The van der Waals surface area contributed by atoms with Crippen molar-refractivity contribution in [1.29, 1.82) is 0 Å². The molecule has 22 heavy (non-hydrogen) atoms. The number of rotatable bonds is 3. The van der Waals surface area contributed by atoms with Gasteiger partial charge in [0, 0.05) is 32.1 Å². The van der Waals surface area contributed by atoms with E-state index in [2.05, 4.69) is 0 Å². The lowest BCUT2D eigenvalue weighted by atomic mass is 9.75. The number of carboxylic acid groups (broad SMARTS) is 1. The Morgan fingerprint density at radius 3 is 2.86 bits per heavy atom. The van der Waals surface area contributed by atoms with Crippen LogP contribution in [0, 0.1) is 11.3 Å². The van der Waals surface area contributed by atoms with Crippen molar-refractivity contribution < 1.29 is 18.3 Å². The predicted molar refractivity (Wildman–Crippen MR) is 83.4 cm³/mol. The molecule has 1 N–H and O–H groups in total. The Hall–Kier alpha value is -0.960. The summed E-state index contributed by atoms with van der Waals surface area (Å²) in [4.78, 5) is 13.8. The summed E-state index contributed by atoms with van der Waals surface area (Å²) in [6.45, 7) is 1.81. The standard InChI is InChI=1S/C14H20N2O4S2/c1-15-8-11-9-16(22(19,20)12-4-2-7-21-12)6-3-5-14(11,10-15)13(17)18/h2,4,7,11H,3,5-6,8-10H2,1H3,(H,17,18)/t11-,14+/m1/s1. The maximum atomic E-state index is 12.7. The molecule has 2 fully saturated rings. The highest BCUT2D eigenvalue weighted by molar-refractivity contribution is 7.91. The molecule has 2 atom stereocenters. The number of nitrogens with zero attached hydrogens (tertiary/aromatic N) is 2. The van der Waals surface area contributed by atoms with Crippen LogP contribution in [0.5, 0.6) is 0 Å². The molecule has 122 valence electrons. The number of sulfonamides is 1. The Balaban J connectivity index is 1.91. The average Bonchev–Trinajstić information content (AvgIpc) is 3.04. The van der Waals surface area contributed by atoms with Gasteiger partial charge in [-0.25, -0.2) is 8.42 Å². The number of aliphatic carboxylic acids is 1. The molecule has 0 amide bonds. The van der Waals surface area contributed by atoms with Crippen LogP contribution < -0.4 is 0 Å². The lowest BCUT2D eigenvalue weighted by Gasteiger charge is -2.29. The summed E-state index contributed by atoms with van der Waals surface area (Å²) in [6.07, 6.45) is 1.12. The average molecular weight is 344 g/mol. The van der Waals surface area contributed by atoms with E-state index in [0.717, 1.165) is 0 Å². The fourth-order valence-electron chi connectivity index (χ4n) is 3.75. The van der Waals surface area contributed by atoms with Crippen molar-refractivity contribution in [1.82, 2.24) is 9.21 Å². The zero-order chi connectivity index (χ0) is 16.0. The van der Waals surface area contributed by atoms with Gasteiger partial charge in [-0.15, -0.1) is 11.3 Å². The smallest absolute Gasteiger partial charge is 0.311 e. The van der Waals surface area contributed by atoms with Crippen LogP contribution in [0.3, 0.4) is 0 Å². The lowest BCUT2D eigenvalue weighted by molar-refractivity contribution is -0.150. The molecule has 3 heterocycles. The monoisotopic (exact) mass is 344 g/mol. The highest BCUT2D eigenvalue weighted by Crippen LogP contribution is 2.43. The molecule has 1 aromatic rings. The second-order valence-corrected chi connectivity index (χ2v) is 9.37. The minimum atomic E-state index is -3.51. The maximum absolute atomic E-state index is 12.7. The van der Waals surface area contributed by atoms with Gasteiger partial charge >= 0.3 is 5.97 Å². The summed E-state index contributed by atoms with van der Waals surface area (Å²) in [5.74, 6) is -0.954. The highest BCUT2D eigenvalue weighted by atomic mass is 32.2. The zero-order valence-corrected chi connectivity index (χ0v) is 14.1. The molecule has 0 radical (unpaired) electrons. The largest absolute Gasteiger partial charge is 0.481 e. The van der Waals surface area contributed by atoms with Crippen LogP contribution >= 0.6 is 11.3 Å². The third-order valence-electron chi connectivity index (χ3n) is 4.84. The summed E-state index contributed by atoms with van der Waals surface area (Å²) in [5, 5.41) is 11.5. The first-order chi connectivity index (χ1) is 10.4. The summed E-state index contributed by atoms with van der Waals surface area (Å²) in [5.41, 5.74) is -0.811. The van der Waals surface area contributed by atoms with Gasteiger partial charge < -0.3 is 10.0 Å². The van der Waals surface area contributed by atoms with Crippen molar-refractivity contribution in [2.75, 3.05) is 33.2 Å². The number of hydrogen-bond acceptors (Lipinski definition) is 5. The number of hydrogen-bond donors (Lipinski definition) is 1. The second kappa shape index (κ2) is 5.59. The Morgan fingerprint density at radius 2 is 2.23 bits per heavy atom. The molecule has 0 aliphatic carbocycles. The van der Waals surface area contributed by atoms with E-state index < -0.39 is 21.4 Å². The van der Waals surface area contributed by atoms with Crippen LogP contribution in [-0.4, -0.2) is 61.9 Å². The van der Waals surface area contributed by atoms with Gasteiger partial charge in [0.15, 0.2) is 0 Å². The number of likely N-dealkylation sites (tertiary alicyclic amines) is 1. The minimum absolute atomic E-state index is 0.160. The van der Waals surface area contributed by atoms with Crippen molar-refractivity contribution in [2.45, 2.75) is 17.1 Å². The van der Waals surface area contributed by atoms with Gasteiger partial charge in [0.1, 0.15) is 4.21 Å². The summed E-state index contributed by atoms with van der Waals surface area (Å²) in [6, 6.07) is 3.33. The van der Waals surface area contributed by atoms with Gasteiger partial charge in [-0.2, -0.15) is 4.31 Å². The molecule has 1 aromatic heterocycles. The van der Waals surface area contributed by atoms with Crippen molar-refractivity contribution in [2.24, 2.45) is 11.3 Å². The Morgan fingerprint density at radius 1 is 1.45 bits per heavy atom. The van der Waals surface area contributed by atoms with E-state index in [1.54, 1.807) is 17.5 Å². The molecule has 0 unspecified atom stereocenters. The Kier molecular flexibility index (Phi) is 4.05. The highest BCUT2D eigenvalue weighted by Gasteiger charge is 2.53. The SMILES string of the molecule is CN1C[C@@H]2CN(S(=O)(=O)c3cccs3)CCC[C@]2(C(=O)O)C1. The molecule has 8 heteroatoms. The third kappa shape index (κ3) is 2.47. The van der Waals surface area contributed by atoms with E-state index in [4.69, 9.17) is 0 Å². The van der Waals surface area contributed by atoms with Crippen LogP contribution in [-0.2, 0) is 14.8 Å². The van der Waals surface area contributed by atoms with E-state index in [1.165, 1.54) is 15.6 Å². The van der Waals surface area contributed by atoms with Crippen LogP contribution in [0.2, 0.25) is 0 Å². The first-order valence-electron chi connectivity index (χ1n) is 7.32. The van der Waals surface area contributed by atoms with Gasteiger partial charge in [0.25, 0.3) is 10.0 Å². The third-order valence-corrected chi connectivity index (χ3v) is 8.07. The number of carbonyl (C=O) groups is 1. The van der Waals surface area contributed by atoms with Gasteiger partial charge in [-0.3, -0.25) is 4.79 Å². The van der Waals surface area contributed by atoms with Gasteiger partial charge in [-0.1, -0.05) is 6.07 Å². The molecule has 0 spiro atoms. The first-order valence-corrected chi connectivity index (χ1v) is 9.64. The van der Waals surface area contributed by atoms with Crippen molar-refractivity contribution in [3.05, 3.63) is 17.5 Å². The molecular weight excluding hydrogens is 324 g/mol. The van der Waals surface area contributed by atoms with E-state index in [1.807, 2.05) is 11.9 Å². The Bertz CT molecular complexity index is 658. The quantitative estimate of drug-likeness (QED) is 0.890. The van der Waals surface area contributed by atoms with Crippen LogP contribution in [0.25, 0.3) is 0 Å². The molecule has 6 nitrogen and oxygen atoms in total. The molecule has 0 aromatic carbocycles. The molecule has 0 saturated carbocycles. The summed E-state index contributed by atoms with van der Waals surface area (Å²) in [7, 11) is -1.61. The lowest BCUT2D eigenvalue weighted by Crippen LogP contribution is -2.42. The Labute approximate surface area is 134 Å². The van der Waals surface area contributed by atoms with E-state index in [9.17, 15) is 18.3 Å². The van der Waals surface area contributed by atoms with Crippen molar-refractivity contribution in [3.8, 4) is 0 Å². The van der Waals surface area contributed by atoms with Gasteiger partial charge in [-0.05, 0) is 31.3 Å². The number of carboxylic acids is 1. The molecule has 2 aliphatic rings. The van der Waals surface area contributed by atoms with E-state index in [-0.39, 0.29) is 12.5 Å². The van der Waals surface area contributed by atoms with E-state index in [0.29, 0.717) is 36.7 Å². The normalized spacial score (nSPS) is 30.9. The van der Waals surface area contributed by atoms with Crippen molar-refractivity contribution >= 4 is 27.3 Å². The van der Waals surface area contributed by atoms with Crippen LogP contribution in [0.15, 0.2) is 21.7 Å². The van der Waals surface area contributed by atoms with Gasteiger partial charge in [0.05, 0.1) is 5.41 Å². The van der Waals surface area contributed by atoms with Crippen LogP contribution in [0.1, 0.15) is 12.8 Å². The van der Waals surface area contributed by atoms with E-state index >= 15 is 0 Å². The summed E-state index contributed by atoms with van der Waals surface area (Å²) >= 11 is 1.21. The number of thiophene rings is 1. The molecule has 2 saturated heterocycles.